The largest absolute Gasteiger partial charge is 0.493 e. The van der Waals surface area contributed by atoms with E-state index in [4.69, 9.17) is 31.5 Å². The van der Waals surface area contributed by atoms with Crippen molar-refractivity contribution in [1.29, 1.82) is 0 Å². The minimum Gasteiger partial charge on any atom is -0.493 e. The highest BCUT2D eigenvalue weighted by atomic mass is 35.5. The quantitative estimate of drug-likeness (QED) is 0.874. The van der Waals surface area contributed by atoms with Gasteiger partial charge in [-0.3, -0.25) is 0 Å². The van der Waals surface area contributed by atoms with Crippen LogP contribution >= 0.6 is 11.6 Å². The second-order valence-corrected chi connectivity index (χ2v) is 4.23. The third-order valence-electron chi connectivity index (χ3n) is 2.66. The second-order valence-electron chi connectivity index (χ2n) is 3.89. The number of benzene rings is 1. The molecule has 1 aromatic heterocycles. The van der Waals surface area contributed by atoms with E-state index in [1.165, 1.54) is 14.2 Å². The van der Waals surface area contributed by atoms with E-state index < -0.39 is 0 Å². The molecule has 106 valence electrons. The number of ether oxygens (including phenoxy) is 3. The molecule has 0 saturated carbocycles. The normalized spacial score (nSPS) is 10.2. The van der Waals surface area contributed by atoms with Gasteiger partial charge in [0.25, 0.3) is 0 Å². The molecule has 2 aromatic rings. The summed E-state index contributed by atoms with van der Waals surface area (Å²) in [6, 6.07) is 5.26. The Morgan fingerprint density at radius 1 is 1.10 bits per heavy atom. The third kappa shape index (κ3) is 2.70. The minimum atomic E-state index is 0.0561. The molecular formula is C13H14ClN3O3. The number of anilines is 1. The first-order chi connectivity index (χ1) is 9.56. The lowest BCUT2D eigenvalue weighted by molar-refractivity contribution is 0.342. The number of nitrogens with two attached hydrogens (primary N) is 1. The molecule has 1 aromatic carbocycles. The Hall–Kier alpha value is -2.21. The summed E-state index contributed by atoms with van der Waals surface area (Å²) in [6.45, 7) is 1.72. The molecule has 0 atom stereocenters. The van der Waals surface area contributed by atoms with Crippen LogP contribution in [-0.2, 0) is 0 Å². The number of aromatic nitrogens is 2. The first kappa shape index (κ1) is 14.2. The van der Waals surface area contributed by atoms with E-state index in [9.17, 15) is 0 Å². The van der Waals surface area contributed by atoms with Gasteiger partial charge in [0.15, 0.2) is 11.5 Å². The Kier molecular flexibility index (Phi) is 4.14. The molecule has 0 saturated heterocycles. The lowest BCUT2D eigenvalue weighted by atomic mass is 10.3. The summed E-state index contributed by atoms with van der Waals surface area (Å²) in [5.74, 6) is 1.52. The second kappa shape index (κ2) is 5.83. The van der Waals surface area contributed by atoms with Crippen LogP contribution in [0, 0.1) is 6.92 Å². The SMILES string of the molecule is COc1cccc(OC)c1Oc1nc(Cl)nc(C)c1N. The number of halogens is 1. The van der Waals surface area contributed by atoms with E-state index in [-0.39, 0.29) is 11.2 Å². The smallest absolute Gasteiger partial charge is 0.247 e. The van der Waals surface area contributed by atoms with E-state index in [1.807, 2.05) is 0 Å². The summed E-state index contributed by atoms with van der Waals surface area (Å²) in [7, 11) is 3.06. The van der Waals surface area contributed by atoms with Crippen molar-refractivity contribution in [3.63, 3.8) is 0 Å². The van der Waals surface area contributed by atoms with E-state index in [2.05, 4.69) is 9.97 Å². The predicted octanol–water partition coefficient (Wildman–Crippen LogP) is 2.83. The molecule has 0 aliphatic rings. The third-order valence-corrected chi connectivity index (χ3v) is 2.82. The summed E-state index contributed by atoms with van der Waals surface area (Å²) in [5, 5.41) is 0.0561. The molecule has 0 fully saturated rings. The van der Waals surface area contributed by atoms with Crippen LogP contribution in [0.3, 0.4) is 0 Å². The zero-order valence-electron chi connectivity index (χ0n) is 11.3. The summed E-state index contributed by atoms with van der Waals surface area (Å²) in [6.07, 6.45) is 0. The zero-order valence-corrected chi connectivity index (χ0v) is 12.1. The van der Waals surface area contributed by atoms with Crippen molar-refractivity contribution in [3.8, 4) is 23.1 Å². The molecule has 0 unspecified atom stereocenters. The Bertz CT molecular complexity index is 612. The molecule has 0 bridgehead atoms. The molecule has 0 amide bonds. The fourth-order valence-electron chi connectivity index (χ4n) is 1.61. The van der Waals surface area contributed by atoms with Gasteiger partial charge in [-0.2, -0.15) is 4.98 Å². The van der Waals surface area contributed by atoms with Crippen LogP contribution in [0.1, 0.15) is 5.69 Å². The van der Waals surface area contributed by atoms with Crippen molar-refractivity contribution >= 4 is 17.3 Å². The number of nitrogens with zero attached hydrogens (tertiary/aromatic N) is 2. The van der Waals surface area contributed by atoms with Gasteiger partial charge in [0, 0.05) is 0 Å². The van der Waals surface area contributed by atoms with E-state index in [0.29, 0.717) is 28.6 Å². The van der Waals surface area contributed by atoms with Gasteiger partial charge in [0.2, 0.25) is 16.9 Å². The fraction of sp³-hybridized carbons (Fsp3) is 0.231. The van der Waals surface area contributed by atoms with Crippen LogP contribution in [0.4, 0.5) is 5.69 Å². The number of para-hydroxylation sites is 1. The summed E-state index contributed by atoms with van der Waals surface area (Å²) >= 11 is 5.82. The Balaban J connectivity index is 2.49. The molecule has 2 rings (SSSR count). The number of aryl methyl sites for hydroxylation is 1. The highest BCUT2D eigenvalue weighted by molar-refractivity contribution is 6.28. The van der Waals surface area contributed by atoms with Gasteiger partial charge in [0.1, 0.15) is 5.69 Å². The van der Waals surface area contributed by atoms with Gasteiger partial charge in [-0.15, -0.1) is 0 Å². The van der Waals surface area contributed by atoms with Crippen LogP contribution in [-0.4, -0.2) is 24.2 Å². The minimum absolute atomic E-state index is 0.0561. The first-order valence-corrected chi connectivity index (χ1v) is 6.13. The summed E-state index contributed by atoms with van der Waals surface area (Å²) < 4.78 is 16.2. The molecular weight excluding hydrogens is 282 g/mol. The summed E-state index contributed by atoms with van der Waals surface area (Å²) in [4.78, 5) is 7.92. The predicted molar refractivity (Wildman–Crippen MR) is 75.8 cm³/mol. The van der Waals surface area contributed by atoms with E-state index >= 15 is 0 Å². The van der Waals surface area contributed by atoms with Gasteiger partial charge in [-0.05, 0) is 30.7 Å². The summed E-state index contributed by atoms with van der Waals surface area (Å²) in [5.41, 5.74) is 6.74. The Morgan fingerprint density at radius 3 is 2.25 bits per heavy atom. The van der Waals surface area contributed by atoms with Crippen molar-refractivity contribution in [1.82, 2.24) is 9.97 Å². The molecule has 2 N–H and O–H groups in total. The van der Waals surface area contributed by atoms with Crippen molar-refractivity contribution in [2.45, 2.75) is 6.92 Å². The molecule has 0 aliphatic carbocycles. The Morgan fingerprint density at radius 2 is 1.70 bits per heavy atom. The fourth-order valence-corrected chi connectivity index (χ4v) is 1.82. The van der Waals surface area contributed by atoms with Gasteiger partial charge in [-0.1, -0.05) is 6.07 Å². The highest BCUT2D eigenvalue weighted by Crippen LogP contribution is 2.41. The first-order valence-electron chi connectivity index (χ1n) is 5.75. The van der Waals surface area contributed by atoms with Crippen molar-refractivity contribution in [3.05, 3.63) is 29.2 Å². The van der Waals surface area contributed by atoms with Crippen LogP contribution in [0.5, 0.6) is 23.1 Å². The monoisotopic (exact) mass is 295 g/mol. The van der Waals surface area contributed by atoms with Crippen LogP contribution in [0.25, 0.3) is 0 Å². The van der Waals surface area contributed by atoms with Gasteiger partial charge in [-0.25, -0.2) is 4.98 Å². The maximum absolute atomic E-state index is 5.89. The number of methoxy groups -OCH3 is 2. The van der Waals surface area contributed by atoms with Gasteiger partial charge in [0.05, 0.1) is 19.9 Å². The number of rotatable bonds is 4. The lowest BCUT2D eigenvalue weighted by Gasteiger charge is -2.14. The van der Waals surface area contributed by atoms with Crippen molar-refractivity contribution < 1.29 is 14.2 Å². The maximum Gasteiger partial charge on any atom is 0.247 e. The van der Waals surface area contributed by atoms with E-state index in [0.717, 1.165) is 0 Å². The van der Waals surface area contributed by atoms with Crippen molar-refractivity contribution in [2.75, 3.05) is 20.0 Å². The topological polar surface area (TPSA) is 79.5 Å². The average Bonchev–Trinajstić information content (AvgIpc) is 2.44. The molecule has 0 aliphatic heterocycles. The lowest BCUT2D eigenvalue weighted by Crippen LogP contribution is -2.02. The molecule has 1 heterocycles. The highest BCUT2D eigenvalue weighted by Gasteiger charge is 2.16. The van der Waals surface area contributed by atoms with Crippen LogP contribution < -0.4 is 19.9 Å². The van der Waals surface area contributed by atoms with Gasteiger partial charge < -0.3 is 19.9 Å². The molecule has 20 heavy (non-hydrogen) atoms. The number of hydrogen-bond acceptors (Lipinski definition) is 6. The zero-order chi connectivity index (χ0) is 14.7. The molecule has 6 nitrogen and oxygen atoms in total. The van der Waals surface area contributed by atoms with E-state index in [1.54, 1.807) is 25.1 Å². The Labute approximate surface area is 121 Å². The van der Waals surface area contributed by atoms with Gasteiger partial charge >= 0.3 is 0 Å². The standard InChI is InChI=1S/C13H14ClN3O3/c1-7-10(15)12(17-13(14)16-7)20-11-8(18-2)5-4-6-9(11)19-3/h4-6H,15H2,1-3H3. The number of nitrogen functional groups attached to an aromatic ring is 1. The van der Waals surface area contributed by atoms with Crippen molar-refractivity contribution in [2.24, 2.45) is 0 Å². The average molecular weight is 296 g/mol. The molecule has 0 radical (unpaired) electrons. The maximum atomic E-state index is 5.89. The molecule has 0 spiro atoms. The van der Waals surface area contributed by atoms with Crippen LogP contribution in [0.2, 0.25) is 5.28 Å². The number of hydrogen-bond donors (Lipinski definition) is 1. The van der Waals surface area contributed by atoms with Crippen LogP contribution in [0.15, 0.2) is 18.2 Å². The molecule has 7 heteroatoms.